The molecule has 0 saturated carbocycles. The number of sulfonamides is 1. The normalized spacial score (nSPS) is 27.0. The van der Waals surface area contributed by atoms with Crippen molar-refractivity contribution in [3.63, 3.8) is 0 Å². The molecule has 1 unspecified atom stereocenters. The summed E-state index contributed by atoms with van der Waals surface area (Å²) >= 11 is 0. The predicted molar refractivity (Wildman–Crippen MR) is 86.9 cm³/mol. The lowest BCUT2D eigenvalue weighted by Gasteiger charge is -2.37. The zero-order valence-electron chi connectivity index (χ0n) is 13.6. The van der Waals surface area contributed by atoms with Crippen molar-refractivity contribution in [1.29, 1.82) is 0 Å². The minimum Gasteiger partial charge on any atom is -0.314 e. The Morgan fingerprint density at radius 3 is 2.48 bits per heavy atom. The van der Waals surface area contributed by atoms with E-state index in [2.05, 4.69) is 17.1 Å². The van der Waals surface area contributed by atoms with Crippen LogP contribution < -0.4 is 5.32 Å². The van der Waals surface area contributed by atoms with Crippen LogP contribution in [-0.4, -0.2) is 69.2 Å². The van der Waals surface area contributed by atoms with Gasteiger partial charge < -0.3 is 10.2 Å². The van der Waals surface area contributed by atoms with Crippen LogP contribution in [0.3, 0.4) is 0 Å². The monoisotopic (exact) mass is 317 g/mol. The largest absolute Gasteiger partial charge is 0.314 e. The van der Waals surface area contributed by atoms with E-state index >= 15 is 0 Å². The average molecular weight is 317 g/mol. The van der Waals surface area contributed by atoms with E-state index in [9.17, 15) is 8.42 Å². The summed E-state index contributed by atoms with van der Waals surface area (Å²) < 4.78 is 25.0. The smallest absolute Gasteiger partial charge is 0.211 e. The molecule has 2 heterocycles. The number of nitrogens with zero attached hydrogens (tertiary/aromatic N) is 2. The third-order valence-corrected chi connectivity index (χ3v) is 6.01. The number of hydrogen-bond donors (Lipinski definition) is 1. The van der Waals surface area contributed by atoms with Crippen LogP contribution in [0.15, 0.2) is 0 Å². The molecule has 1 atom stereocenters. The molecule has 0 amide bonds. The Balaban J connectivity index is 1.73. The molecular formula is C15H31N3O2S. The van der Waals surface area contributed by atoms with Gasteiger partial charge in [0.05, 0.1) is 6.26 Å². The third kappa shape index (κ3) is 5.51. The maximum Gasteiger partial charge on any atom is 0.211 e. The van der Waals surface area contributed by atoms with Crippen molar-refractivity contribution in [2.75, 3.05) is 45.5 Å². The van der Waals surface area contributed by atoms with E-state index < -0.39 is 10.0 Å². The van der Waals surface area contributed by atoms with Crippen LogP contribution in [0.2, 0.25) is 0 Å². The molecule has 0 bridgehead atoms. The highest BCUT2D eigenvalue weighted by atomic mass is 32.2. The zero-order valence-corrected chi connectivity index (χ0v) is 14.4. The molecule has 21 heavy (non-hydrogen) atoms. The molecule has 2 aliphatic heterocycles. The van der Waals surface area contributed by atoms with Crippen LogP contribution in [0.25, 0.3) is 0 Å². The summed E-state index contributed by atoms with van der Waals surface area (Å²) in [5.74, 6) is 0.508. The van der Waals surface area contributed by atoms with Crippen molar-refractivity contribution in [3.05, 3.63) is 0 Å². The van der Waals surface area contributed by atoms with Gasteiger partial charge in [0, 0.05) is 25.7 Å². The van der Waals surface area contributed by atoms with Gasteiger partial charge in [-0.3, -0.25) is 0 Å². The Bertz CT molecular complexity index is 405. The Morgan fingerprint density at radius 2 is 1.86 bits per heavy atom. The standard InChI is InChI=1S/C15H31N3O2S/c1-3-8-16-15-6-10-17(11-7-15)12-14-5-4-9-18(13-14)21(2,19)20/h14-16H,3-13H2,1-2H3. The van der Waals surface area contributed by atoms with Crippen molar-refractivity contribution in [2.45, 2.75) is 45.1 Å². The van der Waals surface area contributed by atoms with Gasteiger partial charge in [0.1, 0.15) is 0 Å². The second-order valence-corrected chi connectivity index (χ2v) is 8.64. The van der Waals surface area contributed by atoms with E-state index in [0.717, 1.165) is 32.6 Å². The topological polar surface area (TPSA) is 52.6 Å². The Hall–Kier alpha value is -0.170. The maximum absolute atomic E-state index is 11.7. The second kappa shape index (κ2) is 7.90. The van der Waals surface area contributed by atoms with E-state index in [-0.39, 0.29) is 0 Å². The summed E-state index contributed by atoms with van der Waals surface area (Å²) in [4.78, 5) is 2.53. The molecule has 0 aromatic rings. The predicted octanol–water partition coefficient (Wildman–Crippen LogP) is 1.12. The van der Waals surface area contributed by atoms with Crippen LogP contribution in [0.5, 0.6) is 0 Å². The molecule has 2 aliphatic rings. The molecule has 1 N–H and O–H groups in total. The van der Waals surface area contributed by atoms with E-state index in [1.54, 1.807) is 4.31 Å². The number of likely N-dealkylation sites (tertiary alicyclic amines) is 1. The first kappa shape index (κ1) is 17.2. The van der Waals surface area contributed by atoms with Crippen LogP contribution in [0, 0.1) is 5.92 Å². The van der Waals surface area contributed by atoms with Gasteiger partial charge in [-0.15, -0.1) is 0 Å². The molecule has 5 nitrogen and oxygen atoms in total. The fourth-order valence-corrected chi connectivity index (χ4v) is 4.45. The molecule has 6 heteroatoms. The van der Waals surface area contributed by atoms with Gasteiger partial charge in [-0.05, 0) is 57.7 Å². The molecule has 0 spiro atoms. The van der Waals surface area contributed by atoms with E-state index in [4.69, 9.17) is 0 Å². The average Bonchev–Trinajstić information content (AvgIpc) is 2.46. The van der Waals surface area contributed by atoms with Gasteiger partial charge >= 0.3 is 0 Å². The molecule has 2 rings (SSSR count). The lowest BCUT2D eigenvalue weighted by atomic mass is 9.97. The van der Waals surface area contributed by atoms with Crippen LogP contribution in [0.4, 0.5) is 0 Å². The minimum atomic E-state index is -3.01. The quantitative estimate of drug-likeness (QED) is 0.798. The summed E-state index contributed by atoms with van der Waals surface area (Å²) in [6.07, 6.45) is 7.15. The highest BCUT2D eigenvalue weighted by molar-refractivity contribution is 7.88. The van der Waals surface area contributed by atoms with Crippen molar-refractivity contribution in [2.24, 2.45) is 5.92 Å². The molecule has 0 radical (unpaired) electrons. The van der Waals surface area contributed by atoms with Crippen LogP contribution >= 0.6 is 0 Å². The van der Waals surface area contributed by atoms with Gasteiger partial charge in [0.25, 0.3) is 0 Å². The lowest BCUT2D eigenvalue weighted by molar-refractivity contribution is 0.144. The van der Waals surface area contributed by atoms with Crippen LogP contribution in [-0.2, 0) is 10.0 Å². The van der Waals surface area contributed by atoms with Gasteiger partial charge in [0.2, 0.25) is 10.0 Å². The molecule has 2 fully saturated rings. The summed E-state index contributed by atoms with van der Waals surface area (Å²) in [6.45, 7) is 8.11. The van der Waals surface area contributed by atoms with E-state index in [1.165, 1.54) is 31.9 Å². The van der Waals surface area contributed by atoms with Gasteiger partial charge in [-0.1, -0.05) is 6.92 Å². The van der Waals surface area contributed by atoms with Gasteiger partial charge in [0.15, 0.2) is 0 Å². The van der Waals surface area contributed by atoms with E-state index in [0.29, 0.717) is 25.0 Å². The third-order valence-electron chi connectivity index (χ3n) is 4.74. The lowest BCUT2D eigenvalue weighted by Crippen LogP contribution is -2.47. The fraction of sp³-hybridized carbons (Fsp3) is 1.00. The Kier molecular flexibility index (Phi) is 6.47. The molecule has 0 aliphatic carbocycles. The molecule has 124 valence electrons. The SMILES string of the molecule is CCCNC1CCN(CC2CCCN(S(C)(=O)=O)C2)CC1. The fourth-order valence-electron chi connectivity index (χ4n) is 3.51. The van der Waals surface area contributed by atoms with Crippen molar-refractivity contribution >= 4 is 10.0 Å². The summed E-state index contributed by atoms with van der Waals surface area (Å²) in [5, 5.41) is 3.61. The first-order valence-corrected chi connectivity index (χ1v) is 10.2. The molecule has 2 saturated heterocycles. The maximum atomic E-state index is 11.7. The zero-order chi connectivity index (χ0) is 15.3. The molecular weight excluding hydrogens is 286 g/mol. The highest BCUT2D eigenvalue weighted by Gasteiger charge is 2.28. The Labute approximate surface area is 130 Å². The number of piperidine rings is 2. The van der Waals surface area contributed by atoms with Gasteiger partial charge in [-0.25, -0.2) is 12.7 Å². The summed E-state index contributed by atoms with van der Waals surface area (Å²) in [6, 6.07) is 0.681. The minimum absolute atomic E-state index is 0.508. The second-order valence-electron chi connectivity index (χ2n) is 6.66. The number of rotatable bonds is 6. The molecule has 0 aromatic heterocycles. The van der Waals surface area contributed by atoms with Gasteiger partial charge in [-0.2, -0.15) is 0 Å². The summed E-state index contributed by atoms with van der Waals surface area (Å²) in [7, 11) is -3.01. The first-order valence-electron chi connectivity index (χ1n) is 8.40. The Morgan fingerprint density at radius 1 is 1.14 bits per heavy atom. The highest BCUT2D eigenvalue weighted by Crippen LogP contribution is 2.21. The van der Waals surface area contributed by atoms with E-state index in [1.807, 2.05) is 0 Å². The number of nitrogens with one attached hydrogen (secondary N) is 1. The van der Waals surface area contributed by atoms with Crippen LogP contribution in [0.1, 0.15) is 39.0 Å². The molecule has 0 aromatic carbocycles. The van der Waals surface area contributed by atoms with Crippen molar-refractivity contribution in [1.82, 2.24) is 14.5 Å². The summed E-state index contributed by atoms with van der Waals surface area (Å²) in [5.41, 5.74) is 0. The van der Waals surface area contributed by atoms with Crippen molar-refractivity contribution in [3.8, 4) is 0 Å². The number of hydrogen-bond acceptors (Lipinski definition) is 4. The van der Waals surface area contributed by atoms with Crippen molar-refractivity contribution < 1.29 is 8.42 Å². The first-order chi connectivity index (χ1) is 9.99.